The first kappa shape index (κ1) is 13.1. The number of carbonyl (C=O) groups excluding carboxylic acids is 1. The quantitative estimate of drug-likeness (QED) is 0.850. The first-order valence-corrected chi connectivity index (χ1v) is 6.67. The van der Waals surface area contributed by atoms with Crippen LogP contribution in [0.5, 0.6) is 0 Å². The van der Waals surface area contributed by atoms with Crippen LogP contribution in [0.1, 0.15) is 47.4 Å². The minimum atomic E-state index is 0.108. The maximum atomic E-state index is 12.6. The number of H-pyrrole nitrogens is 1. The number of carbonyl (C=O) groups is 1. The van der Waals surface area contributed by atoms with E-state index in [0.29, 0.717) is 12.6 Å². The van der Waals surface area contributed by atoms with Gasteiger partial charge in [0.15, 0.2) is 0 Å². The number of likely N-dealkylation sites (tertiary alicyclic amines) is 1. The van der Waals surface area contributed by atoms with E-state index in [1.165, 1.54) is 6.42 Å². The van der Waals surface area contributed by atoms with Crippen LogP contribution in [0.15, 0.2) is 0 Å². The predicted octanol–water partition coefficient (Wildman–Crippen LogP) is 1.37. The average molecular weight is 250 g/mol. The van der Waals surface area contributed by atoms with Gasteiger partial charge >= 0.3 is 0 Å². The van der Waals surface area contributed by atoms with E-state index in [1.807, 2.05) is 18.7 Å². The summed E-state index contributed by atoms with van der Waals surface area (Å²) in [5.74, 6) is 0.108. The fourth-order valence-electron chi connectivity index (χ4n) is 2.77. The van der Waals surface area contributed by atoms with Gasteiger partial charge in [0.2, 0.25) is 0 Å². The summed E-state index contributed by atoms with van der Waals surface area (Å²) in [5, 5.41) is 6.99. The molecule has 1 aliphatic heterocycles. The Morgan fingerprint density at radius 1 is 1.50 bits per heavy atom. The molecule has 1 saturated heterocycles. The van der Waals surface area contributed by atoms with Crippen molar-refractivity contribution in [1.29, 1.82) is 0 Å². The number of hydrogen-bond donors (Lipinski definition) is 2. The number of rotatable bonds is 3. The van der Waals surface area contributed by atoms with Crippen molar-refractivity contribution in [2.24, 2.45) is 5.73 Å². The molecule has 18 heavy (non-hydrogen) atoms. The molecule has 1 aromatic heterocycles. The Morgan fingerprint density at radius 2 is 2.28 bits per heavy atom. The highest BCUT2D eigenvalue weighted by Crippen LogP contribution is 2.23. The predicted molar refractivity (Wildman–Crippen MR) is 70.4 cm³/mol. The molecule has 1 atom stereocenters. The van der Waals surface area contributed by atoms with Gasteiger partial charge in [-0.3, -0.25) is 9.89 Å². The van der Waals surface area contributed by atoms with Crippen molar-refractivity contribution in [2.75, 3.05) is 13.1 Å². The van der Waals surface area contributed by atoms with Gasteiger partial charge in [0.25, 0.3) is 5.91 Å². The third-order valence-corrected chi connectivity index (χ3v) is 3.73. The second-order valence-electron chi connectivity index (χ2n) is 5.03. The van der Waals surface area contributed by atoms with Gasteiger partial charge in [0.1, 0.15) is 0 Å². The number of hydrogen-bond acceptors (Lipinski definition) is 3. The molecule has 1 aliphatic rings. The monoisotopic (exact) mass is 250 g/mol. The van der Waals surface area contributed by atoms with Gasteiger partial charge in [-0.2, -0.15) is 5.10 Å². The second-order valence-corrected chi connectivity index (χ2v) is 5.03. The fourth-order valence-corrected chi connectivity index (χ4v) is 2.77. The highest BCUT2D eigenvalue weighted by Gasteiger charge is 2.29. The van der Waals surface area contributed by atoms with Gasteiger partial charge in [-0.15, -0.1) is 0 Å². The molecule has 0 radical (unpaired) electrons. The van der Waals surface area contributed by atoms with Gasteiger partial charge in [-0.05, 0) is 46.1 Å². The Kier molecular flexibility index (Phi) is 4.01. The summed E-state index contributed by atoms with van der Waals surface area (Å²) >= 11 is 0. The summed E-state index contributed by atoms with van der Waals surface area (Å²) < 4.78 is 0. The topological polar surface area (TPSA) is 75.0 Å². The molecule has 0 spiro atoms. The average Bonchev–Trinajstić information content (AvgIpc) is 2.69. The molecule has 5 heteroatoms. The van der Waals surface area contributed by atoms with E-state index in [4.69, 9.17) is 5.73 Å². The Morgan fingerprint density at radius 3 is 2.89 bits per heavy atom. The van der Waals surface area contributed by atoms with Crippen molar-refractivity contribution >= 4 is 5.91 Å². The van der Waals surface area contributed by atoms with Gasteiger partial charge in [0, 0.05) is 18.3 Å². The molecule has 1 fully saturated rings. The second kappa shape index (κ2) is 5.52. The molecule has 3 N–H and O–H groups in total. The number of piperidine rings is 1. The summed E-state index contributed by atoms with van der Waals surface area (Å²) in [5.41, 5.74) is 8.02. The molecule has 0 bridgehead atoms. The third kappa shape index (κ3) is 2.41. The highest BCUT2D eigenvalue weighted by atomic mass is 16.2. The lowest BCUT2D eigenvalue weighted by atomic mass is 9.98. The highest BCUT2D eigenvalue weighted by molar-refractivity contribution is 5.96. The van der Waals surface area contributed by atoms with E-state index in [2.05, 4.69) is 10.2 Å². The zero-order chi connectivity index (χ0) is 13.1. The molecule has 1 amide bonds. The number of nitrogens with zero attached hydrogens (tertiary/aromatic N) is 2. The number of aromatic nitrogens is 2. The van der Waals surface area contributed by atoms with Crippen molar-refractivity contribution in [2.45, 2.75) is 45.6 Å². The SMILES string of the molecule is Cc1n[nH]c(C)c1C(=O)N1CCCCC1CCN. The standard InChI is InChI=1S/C13H22N4O/c1-9-12(10(2)16-15-9)13(18)17-8-4-3-5-11(17)6-7-14/h11H,3-8,14H2,1-2H3,(H,15,16). The van der Waals surface area contributed by atoms with Crippen LogP contribution in [0.4, 0.5) is 0 Å². The van der Waals surface area contributed by atoms with Crippen molar-refractivity contribution < 1.29 is 4.79 Å². The lowest BCUT2D eigenvalue weighted by Crippen LogP contribution is -2.44. The van der Waals surface area contributed by atoms with E-state index in [9.17, 15) is 4.79 Å². The lowest BCUT2D eigenvalue weighted by molar-refractivity contribution is 0.0603. The fraction of sp³-hybridized carbons (Fsp3) is 0.692. The van der Waals surface area contributed by atoms with Gasteiger partial charge in [-0.1, -0.05) is 0 Å². The van der Waals surface area contributed by atoms with E-state index in [0.717, 1.165) is 42.8 Å². The van der Waals surface area contributed by atoms with E-state index in [1.54, 1.807) is 0 Å². The first-order valence-electron chi connectivity index (χ1n) is 6.67. The van der Waals surface area contributed by atoms with Gasteiger partial charge < -0.3 is 10.6 Å². The zero-order valence-electron chi connectivity index (χ0n) is 11.2. The largest absolute Gasteiger partial charge is 0.336 e. The summed E-state index contributed by atoms with van der Waals surface area (Å²) in [6, 6.07) is 0.296. The maximum absolute atomic E-state index is 12.6. The van der Waals surface area contributed by atoms with Gasteiger partial charge in [-0.25, -0.2) is 0 Å². The molecule has 5 nitrogen and oxygen atoms in total. The van der Waals surface area contributed by atoms with Crippen LogP contribution in [-0.4, -0.2) is 40.1 Å². The summed E-state index contributed by atoms with van der Waals surface area (Å²) in [4.78, 5) is 14.6. The van der Waals surface area contributed by atoms with Crippen molar-refractivity contribution in [3.8, 4) is 0 Å². The van der Waals surface area contributed by atoms with Crippen LogP contribution in [0, 0.1) is 13.8 Å². The molecule has 0 aliphatic carbocycles. The molecule has 1 unspecified atom stereocenters. The number of amides is 1. The van der Waals surface area contributed by atoms with Crippen LogP contribution in [0.2, 0.25) is 0 Å². The van der Waals surface area contributed by atoms with Crippen LogP contribution in [0.25, 0.3) is 0 Å². The number of aromatic amines is 1. The normalized spacial score (nSPS) is 20.2. The van der Waals surface area contributed by atoms with Crippen molar-refractivity contribution in [1.82, 2.24) is 15.1 Å². The lowest BCUT2D eigenvalue weighted by Gasteiger charge is -2.35. The van der Waals surface area contributed by atoms with Crippen molar-refractivity contribution in [3.63, 3.8) is 0 Å². The zero-order valence-corrected chi connectivity index (χ0v) is 11.2. The molecular weight excluding hydrogens is 228 g/mol. The maximum Gasteiger partial charge on any atom is 0.257 e. The third-order valence-electron chi connectivity index (χ3n) is 3.73. The van der Waals surface area contributed by atoms with Gasteiger partial charge in [0.05, 0.1) is 11.3 Å². The van der Waals surface area contributed by atoms with Crippen LogP contribution in [0.3, 0.4) is 0 Å². The Balaban J connectivity index is 2.21. The minimum absolute atomic E-state index is 0.108. The number of nitrogens with two attached hydrogens (primary N) is 1. The number of aryl methyl sites for hydroxylation is 2. The first-order chi connectivity index (χ1) is 8.65. The molecule has 100 valence electrons. The molecular formula is C13H22N4O. The summed E-state index contributed by atoms with van der Waals surface area (Å²) in [6.07, 6.45) is 4.24. The van der Waals surface area contributed by atoms with Crippen LogP contribution >= 0.6 is 0 Å². The molecule has 0 aromatic carbocycles. The van der Waals surface area contributed by atoms with Crippen LogP contribution in [-0.2, 0) is 0 Å². The summed E-state index contributed by atoms with van der Waals surface area (Å²) in [6.45, 7) is 5.25. The molecule has 1 aromatic rings. The molecule has 2 heterocycles. The Labute approximate surface area is 108 Å². The molecule has 2 rings (SSSR count). The van der Waals surface area contributed by atoms with Crippen LogP contribution < -0.4 is 5.73 Å². The van der Waals surface area contributed by atoms with E-state index >= 15 is 0 Å². The Bertz CT molecular complexity index is 405. The van der Waals surface area contributed by atoms with Crippen molar-refractivity contribution in [3.05, 3.63) is 17.0 Å². The molecule has 0 saturated carbocycles. The Hall–Kier alpha value is -1.36. The number of nitrogens with one attached hydrogen (secondary N) is 1. The van der Waals surface area contributed by atoms with E-state index in [-0.39, 0.29) is 5.91 Å². The minimum Gasteiger partial charge on any atom is -0.336 e. The van der Waals surface area contributed by atoms with E-state index < -0.39 is 0 Å². The summed E-state index contributed by atoms with van der Waals surface area (Å²) in [7, 11) is 0. The smallest absolute Gasteiger partial charge is 0.257 e.